The van der Waals surface area contributed by atoms with Gasteiger partial charge >= 0.3 is 0 Å². The predicted octanol–water partition coefficient (Wildman–Crippen LogP) is 4.00. The largest absolute Gasteiger partial charge is 0.319 e. The Kier molecular flexibility index (Phi) is 4.39. The number of nitrogens with one attached hydrogen (secondary N) is 1. The molecule has 0 saturated carbocycles. The van der Waals surface area contributed by atoms with Crippen LogP contribution in [0.2, 0.25) is 0 Å². The molecule has 1 aliphatic rings. The quantitative estimate of drug-likeness (QED) is 0.745. The van der Waals surface area contributed by atoms with E-state index in [2.05, 4.69) is 15.3 Å². The minimum absolute atomic E-state index is 0.0936. The number of nitrogens with zero attached hydrogens (tertiary/aromatic N) is 3. The van der Waals surface area contributed by atoms with E-state index in [4.69, 9.17) is 0 Å². The second-order valence-electron chi connectivity index (χ2n) is 6.71. The summed E-state index contributed by atoms with van der Waals surface area (Å²) < 4.78 is 0. The van der Waals surface area contributed by atoms with Crippen LogP contribution in [0.3, 0.4) is 0 Å². The average Bonchev–Trinajstić information content (AvgIpc) is 3.19. The van der Waals surface area contributed by atoms with E-state index >= 15 is 0 Å². The molecule has 0 bridgehead atoms. The van der Waals surface area contributed by atoms with Crippen molar-refractivity contribution in [1.82, 2.24) is 9.97 Å². The van der Waals surface area contributed by atoms with Crippen LogP contribution in [0, 0.1) is 20.8 Å². The van der Waals surface area contributed by atoms with Gasteiger partial charge in [0.2, 0.25) is 5.91 Å². The first kappa shape index (κ1) is 17.6. The molecule has 0 spiro atoms. The van der Waals surface area contributed by atoms with E-state index in [1.165, 1.54) is 11.3 Å². The summed E-state index contributed by atoms with van der Waals surface area (Å²) in [5.74, 6) is 0.605. The molecule has 1 N–H and O–H groups in total. The molecule has 3 aromatic rings. The summed E-state index contributed by atoms with van der Waals surface area (Å²) in [5, 5.41) is 3.93. The van der Waals surface area contributed by atoms with Crippen LogP contribution in [0.5, 0.6) is 0 Å². The van der Waals surface area contributed by atoms with E-state index in [1.807, 2.05) is 45.0 Å². The van der Waals surface area contributed by atoms with Crippen molar-refractivity contribution in [2.45, 2.75) is 33.6 Å². The van der Waals surface area contributed by atoms with Crippen LogP contribution in [0.15, 0.2) is 24.3 Å². The van der Waals surface area contributed by atoms with Crippen LogP contribution in [0.4, 0.5) is 11.4 Å². The number of carbonyl (C=O) groups excluding carboxylic acids is 2. The number of fused-ring (bicyclic) bond motifs is 1. The first-order valence-corrected chi connectivity index (χ1v) is 9.72. The fourth-order valence-corrected chi connectivity index (χ4v) is 4.76. The van der Waals surface area contributed by atoms with Gasteiger partial charge in [0.15, 0.2) is 0 Å². The Hall–Kier alpha value is -2.80. The number of amides is 2. The number of benzene rings is 1. The number of aromatic nitrogens is 2. The minimum atomic E-state index is -0.188. The van der Waals surface area contributed by atoms with E-state index < -0.39 is 0 Å². The first-order valence-electron chi connectivity index (χ1n) is 8.91. The van der Waals surface area contributed by atoms with Gasteiger partial charge in [0, 0.05) is 24.0 Å². The standard InChI is InChI=1S/C20H20N4O2S/c1-11-17-12(2)21-13(3)22-20(17)27-18(11)19(26)23-14-7-4-5-8-15(14)24-10-6-9-16(24)25/h4-5,7-8H,6,9-10H2,1-3H3,(H,23,26). The Bertz CT molecular complexity index is 1070. The number of anilines is 2. The Labute approximate surface area is 161 Å². The summed E-state index contributed by atoms with van der Waals surface area (Å²) in [6.45, 7) is 6.40. The molecular weight excluding hydrogens is 360 g/mol. The number of aryl methyl sites for hydroxylation is 3. The maximum Gasteiger partial charge on any atom is 0.266 e. The van der Waals surface area contributed by atoms with Crippen molar-refractivity contribution in [3.05, 3.63) is 46.2 Å². The molecule has 2 aromatic heterocycles. The molecule has 1 saturated heterocycles. The molecule has 4 rings (SSSR count). The Morgan fingerprint density at radius 1 is 1.19 bits per heavy atom. The van der Waals surface area contributed by atoms with Gasteiger partial charge in [0.25, 0.3) is 5.91 Å². The highest BCUT2D eigenvalue weighted by atomic mass is 32.1. The van der Waals surface area contributed by atoms with Gasteiger partial charge in [-0.05, 0) is 44.9 Å². The van der Waals surface area contributed by atoms with E-state index in [9.17, 15) is 9.59 Å². The Morgan fingerprint density at radius 3 is 2.70 bits per heavy atom. The molecule has 1 aromatic carbocycles. The fourth-order valence-electron chi connectivity index (χ4n) is 3.59. The summed E-state index contributed by atoms with van der Waals surface area (Å²) in [6.07, 6.45) is 1.39. The lowest BCUT2D eigenvalue weighted by molar-refractivity contribution is -0.117. The molecule has 7 heteroatoms. The van der Waals surface area contributed by atoms with E-state index in [0.29, 0.717) is 29.4 Å². The molecule has 0 aliphatic carbocycles. The zero-order valence-corrected chi connectivity index (χ0v) is 16.3. The number of thiophene rings is 1. The zero-order chi connectivity index (χ0) is 19.1. The van der Waals surface area contributed by atoms with Gasteiger partial charge in [-0.2, -0.15) is 0 Å². The van der Waals surface area contributed by atoms with Gasteiger partial charge in [0.1, 0.15) is 10.7 Å². The highest BCUT2D eigenvalue weighted by molar-refractivity contribution is 7.20. The van der Waals surface area contributed by atoms with Gasteiger partial charge in [-0.1, -0.05) is 12.1 Å². The summed E-state index contributed by atoms with van der Waals surface area (Å²) >= 11 is 1.37. The molecule has 0 radical (unpaired) electrons. The lowest BCUT2D eigenvalue weighted by Gasteiger charge is -2.19. The third kappa shape index (κ3) is 3.08. The lowest BCUT2D eigenvalue weighted by Crippen LogP contribution is -2.25. The average molecular weight is 380 g/mol. The molecule has 0 unspecified atom stereocenters. The molecule has 1 fully saturated rings. The van der Waals surface area contributed by atoms with Crippen LogP contribution in [0.1, 0.15) is 39.6 Å². The van der Waals surface area contributed by atoms with E-state index in [0.717, 1.165) is 33.6 Å². The van der Waals surface area contributed by atoms with Crippen LogP contribution >= 0.6 is 11.3 Å². The fraction of sp³-hybridized carbons (Fsp3) is 0.300. The van der Waals surface area contributed by atoms with E-state index in [1.54, 1.807) is 4.90 Å². The van der Waals surface area contributed by atoms with Crippen LogP contribution < -0.4 is 10.2 Å². The third-order valence-corrected chi connectivity index (χ3v) is 5.99. The molecule has 6 nitrogen and oxygen atoms in total. The lowest BCUT2D eigenvalue weighted by atomic mass is 10.1. The molecule has 138 valence electrons. The second kappa shape index (κ2) is 6.74. The maximum absolute atomic E-state index is 13.0. The second-order valence-corrected chi connectivity index (χ2v) is 7.71. The van der Waals surface area contributed by atoms with Crippen molar-refractivity contribution in [2.24, 2.45) is 0 Å². The summed E-state index contributed by atoms with van der Waals surface area (Å²) in [4.78, 5) is 37.2. The van der Waals surface area contributed by atoms with Crippen LogP contribution in [0.25, 0.3) is 10.2 Å². The normalized spacial score (nSPS) is 14.2. The molecule has 0 atom stereocenters. The number of carbonyl (C=O) groups is 2. The van der Waals surface area contributed by atoms with Crippen LogP contribution in [-0.2, 0) is 4.79 Å². The van der Waals surface area contributed by atoms with Crippen LogP contribution in [-0.4, -0.2) is 28.3 Å². The summed E-state index contributed by atoms with van der Waals surface area (Å²) in [7, 11) is 0. The SMILES string of the molecule is Cc1nc(C)c2c(C)c(C(=O)Nc3ccccc3N3CCCC3=O)sc2n1. The van der Waals surface area contributed by atoms with Crippen molar-refractivity contribution >= 4 is 44.7 Å². The van der Waals surface area contributed by atoms with Crippen molar-refractivity contribution < 1.29 is 9.59 Å². The van der Waals surface area contributed by atoms with Gasteiger partial charge in [-0.3, -0.25) is 9.59 Å². The van der Waals surface area contributed by atoms with Gasteiger partial charge < -0.3 is 10.2 Å². The highest BCUT2D eigenvalue weighted by Crippen LogP contribution is 2.34. The van der Waals surface area contributed by atoms with E-state index in [-0.39, 0.29) is 11.8 Å². The monoisotopic (exact) mass is 380 g/mol. The zero-order valence-electron chi connectivity index (χ0n) is 15.5. The summed E-state index contributed by atoms with van der Waals surface area (Å²) in [5.41, 5.74) is 3.17. The van der Waals surface area contributed by atoms with Gasteiger partial charge in [0.05, 0.1) is 16.3 Å². The molecule has 1 aliphatic heterocycles. The third-order valence-electron chi connectivity index (χ3n) is 4.81. The Balaban J connectivity index is 1.70. The van der Waals surface area contributed by atoms with Crippen molar-refractivity contribution in [1.29, 1.82) is 0 Å². The van der Waals surface area contributed by atoms with Crippen molar-refractivity contribution in [2.75, 3.05) is 16.8 Å². The predicted molar refractivity (Wildman–Crippen MR) is 108 cm³/mol. The summed E-state index contributed by atoms with van der Waals surface area (Å²) in [6, 6.07) is 7.44. The topological polar surface area (TPSA) is 75.2 Å². The number of hydrogen-bond acceptors (Lipinski definition) is 5. The number of hydrogen-bond donors (Lipinski definition) is 1. The van der Waals surface area contributed by atoms with Gasteiger partial charge in [-0.15, -0.1) is 11.3 Å². The minimum Gasteiger partial charge on any atom is -0.319 e. The highest BCUT2D eigenvalue weighted by Gasteiger charge is 2.25. The molecule has 27 heavy (non-hydrogen) atoms. The Morgan fingerprint density at radius 2 is 1.96 bits per heavy atom. The number of rotatable bonds is 3. The van der Waals surface area contributed by atoms with Gasteiger partial charge in [-0.25, -0.2) is 9.97 Å². The number of para-hydroxylation sites is 2. The smallest absolute Gasteiger partial charge is 0.266 e. The maximum atomic E-state index is 13.0. The first-order chi connectivity index (χ1) is 13.0. The molecular formula is C20H20N4O2S. The van der Waals surface area contributed by atoms with Crippen molar-refractivity contribution in [3.8, 4) is 0 Å². The molecule has 3 heterocycles. The van der Waals surface area contributed by atoms with Crippen molar-refractivity contribution in [3.63, 3.8) is 0 Å². The molecule has 2 amide bonds.